The molecule has 0 saturated carbocycles. The van der Waals surface area contributed by atoms with Gasteiger partial charge in [0, 0.05) is 25.2 Å². The normalized spacial score (nSPS) is 18.5. The average molecular weight is 336 g/mol. The van der Waals surface area contributed by atoms with Crippen molar-refractivity contribution in [1.29, 1.82) is 0 Å². The third-order valence-electron chi connectivity index (χ3n) is 4.74. The standard InChI is InChI=1S/C17H28N4O3/c1-6-20(7-2)16(22)14-9-8-10-21(14)17(23)18-11(3)15-12(4)19-24-13(15)5/h11,14H,6-10H2,1-5H3,(H,18,23)/t11-,14-/m0/s1. The molecule has 2 heterocycles. The first-order valence-electron chi connectivity index (χ1n) is 8.69. The van der Waals surface area contributed by atoms with E-state index in [2.05, 4.69) is 10.5 Å². The van der Waals surface area contributed by atoms with Crippen molar-refractivity contribution < 1.29 is 14.1 Å². The molecular formula is C17H28N4O3. The van der Waals surface area contributed by atoms with Crippen LogP contribution in [0.1, 0.15) is 56.7 Å². The number of likely N-dealkylation sites (tertiary alicyclic amines) is 1. The van der Waals surface area contributed by atoms with Crippen molar-refractivity contribution >= 4 is 11.9 Å². The third kappa shape index (κ3) is 3.55. The molecular weight excluding hydrogens is 308 g/mol. The van der Waals surface area contributed by atoms with Gasteiger partial charge in [0.25, 0.3) is 0 Å². The van der Waals surface area contributed by atoms with Crippen LogP contribution in [0.3, 0.4) is 0 Å². The van der Waals surface area contributed by atoms with Gasteiger partial charge in [-0.05, 0) is 47.5 Å². The van der Waals surface area contributed by atoms with Gasteiger partial charge in [-0.2, -0.15) is 0 Å². The van der Waals surface area contributed by atoms with Gasteiger partial charge >= 0.3 is 6.03 Å². The second-order valence-corrected chi connectivity index (χ2v) is 6.27. The van der Waals surface area contributed by atoms with Crippen LogP contribution in [0.25, 0.3) is 0 Å². The van der Waals surface area contributed by atoms with Crippen molar-refractivity contribution in [2.45, 2.75) is 59.5 Å². The number of urea groups is 1. The van der Waals surface area contributed by atoms with E-state index in [9.17, 15) is 9.59 Å². The molecule has 134 valence electrons. The Hall–Kier alpha value is -2.05. The Morgan fingerprint density at radius 2 is 2.04 bits per heavy atom. The summed E-state index contributed by atoms with van der Waals surface area (Å²) < 4.78 is 5.17. The summed E-state index contributed by atoms with van der Waals surface area (Å²) in [6.45, 7) is 11.4. The highest BCUT2D eigenvalue weighted by molar-refractivity contribution is 5.87. The summed E-state index contributed by atoms with van der Waals surface area (Å²) in [5.41, 5.74) is 1.67. The number of carbonyl (C=O) groups excluding carboxylic acids is 2. The first kappa shape index (κ1) is 18.3. The zero-order chi connectivity index (χ0) is 17.9. The van der Waals surface area contributed by atoms with Crippen LogP contribution in [-0.4, -0.2) is 52.6 Å². The summed E-state index contributed by atoms with van der Waals surface area (Å²) in [4.78, 5) is 28.8. The van der Waals surface area contributed by atoms with Crippen LogP contribution in [0.4, 0.5) is 4.79 Å². The third-order valence-corrected chi connectivity index (χ3v) is 4.74. The second kappa shape index (κ2) is 7.68. The lowest BCUT2D eigenvalue weighted by atomic mass is 10.1. The zero-order valence-corrected chi connectivity index (χ0v) is 15.3. The van der Waals surface area contributed by atoms with Crippen LogP contribution in [0.2, 0.25) is 0 Å². The molecule has 2 atom stereocenters. The molecule has 7 heteroatoms. The predicted molar refractivity (Wildman–Crippen MR) is 90.6 cm³/mol. The van der Waals surface area contributed by atoms with Crippen molar-refractivity contribution in [1.82, 2.24) is 20.3 Å². The molecule has 0 bridgehead atoms. The van der Waals surface area contributed by atoms with E-state index in [4.69, 9.17) is 4.52 Å². The summed E-state index contributed by atoms with van der Waals surface area (Å²) in [6.07, 6.45) is 1.58. The van der Waals surface area contributed by atoms with Gasteiger partial charge in [-0.3, -0.25) is 4.79 Å². The van der Waals surface area contributed by atoms with Gasteiger partial charge in [0.1, 0.15) is 11.8 Å². The van der Waals surface area contributed by atoms with Crippen molar-refractivity contribution in [2.75, 3.05) is 19.6 Å². The number of hydrogen-bond donors (Lipinski definition) is 1. The van der Waals surface area contributed by atoms with Crippen molar-refractivity contribution in [3.8, 4) is 0 Å². The Kier molecular flexibility index (Phi) is 5.85. The minimum Gasteiger partial charge on any atom is -0.361 e. The number of carbonyl (C=O) groups is 2. The Labute approximate surface area is 143 Å². The summed E-state index contributed by atoms with van der Waals surface area (Å²) in [7, 11) is 0. The van der Waals surface area contributed by atoms with E-state index < -0.39 is 0 Å². The van der Waals surface area contributed by atoms with E-state index in [0.717, 1.165) is 24.1 Å². The lowest BCUT2D eigenvalue weighted by Crippen LogP contribution is -2.51. The van der Waals surface area contributed by atoms with Crippen molar-refractivity contribution in [2.24, 2.45) is 0 Å². The number of likely N-dealkylation sites (N-methyl/N-ethyl adjacent to an activating group) is 1. The first-order chi connectivity index (χ1) is 11.4. The molecule has 0 unspecified atom stereocenters. The lowest BCUT2D eigenvalue weighted by molar-refractivity contribution is -0.134. The topological polar surface area (TPSA) is 78.7 Å². The number of nitrogens with zero attached hydrogens (tertiary/aromatic N) is 3. The van der Waals surface area contributed by atoms with Crippen LogP contribution < -0.4 is 5.32 Å². The van der Waals surface area contributed by atoms with Crippen molar-refractivity contribution in [3.05, 3.63) is 17.0 Å². The highest BCUT2D eigenvalue weighted by Gasteiger charge is 2.36. The monoisotopic (exact) mass is 336 g/mol. The Morgan fingerprint density at radius 1 is 1.38 bits per heavy atom. The van der Waals surface area contributed by atoms with E-state index in [1.54, 1.807) is 9.80 Å². The number of aryl methyl sites for hydroxylation is 2. The molecule has 0 aliphatic carbocycles. The SMILES string of the molecule is CCN(CC)C(=O)[C@@H]1CCCN1C(=O)N[C@@H](C)c1c(C)noc1C. The van der Waals surface area contributed by atoms with Gasteiger partial charge in [0.2, 0.25) is 5.91 Å². The molecule has 0 aromatic carbocycles. The maximum atomic E-state index is 12.7. The molecule has 7 nitrogen and oxygen atoms in total. The number of nitrogens with one attached hydrogen (secondary N) is 1. The minimum atomic E-state index is -0.359. The van der Waals surface area contributed by atoms with Crippen LogP contribution in [0.5, 0.6) is 0 Å². The fourth-order valence-corrected chi connectivity index (χ4v) is 3.46. The Bertz CT molecular complexity index is 575. The quantitative estimate of drug-likeness (QED) is 0.895. The lowest BCUT2D eigenvalue weighted by Gasteiger charge is -2.30. The maximum absolute atomic E-state index is 12.7. The first-order valence-corrected chi connectivity index (χ1v) is 8.69. The summed E-state index contributed by atoms with van der Waals surface area (Å²) >= 11 is 0. The molecule has 1 aliphatic rings. The highest BCUT2D eigenvalue weighted by Crippen LogP contribution is 2.23. The Morgan fingerprint density at radius 3 is 2.58 bits per heavy atom. The molecule has 24 heavy (non-hydrogen) atoms. The maximum Gasteiger partial charge on any atom is 0.318 e. The average Bonchev–Trinajstić information content (AvgIpc) is 3.15. The second-order valence-electron chi connectivity index (χ2n) is 6.27. The molecule has 0 spiro atoms. The zero-order valence-electron chi connectivity index (χ0n) is 15.3. The molecule has 2 rings (SSSR count). The van der Waals surface area contributed by atoms with Crippen LogP contribution >= 0.6 is 0 Å². The van der Waals surface area contributed by atoms with Crippen molar-refractivity contribution in [3.63, 3.8) is 0 Å². The number of amides is 3. The summed E-state index contributed by atoms with van der Waals surface area (Å²) in [5.74, 6) is 0.745. The molecule has 1 fully saturated rings. The largest absolute Gasteiger partial charge is 0.361 e. The number of aromatic nitrogens is 1. The van der Waals surface area contributed by atoms with Crippen LogP contribution in [0, 0.1) is 13.8 Å². The molecule has 1 aromatic rings. The van der Waals surface area contributed by atoms with Crippen LogP contribution in [0.15, 0.2) is 4.52 Å². The van der Waals surface area contributed by atoms with Crippen LogP contribution in [-0.2, 0) is 4.79 Å². The van der Waals surface area contributed by atoms with Gasteiger partial charge < -0.3 is 19.6 Å². The molecule has 0 radical (unpaired) electrons. The molecule has 1 aromatic heterocycles. The summed E-state index contributed by atoms with van der Waals surface area (Å²) in [6, 6.07) is -0.777. The van der Waals surface area contributed by atoms with E-state index in [-0.39, 0.29) is 24.0 Å². The molecule has 3 amide bonds. The van der Waals surface area contributed by atoms with E-state index >= 15 is 0 Å². The molecule has 1 N–H and O–H groups in total. The highest BCUT2D eigenvalue weighted by atomic mass is 16.5. The van der Waals surface area contributed by atoms with Gasteiger partial charge in [0.05, 0.1) is 11.7 Å². The number of hydrogen-bond acceptors (Lipinski definition) is 4. The summed E-state index contributed by atoms with van der Waals surface area (Å²) in [5, 5.41) is 6.91. The smallest absolute Gasteiger partial charge is 0.318 e. The minimum absolute atomic E-state index is 0.0395. The van der Waals surface area contributed by atoms with E-state index in [1.165, 1.54) is 0 Å². The van der Waals surface area contributed by atoms with Gasteiger partial charge in [0.15, 0.2) is 0 Å². The fourth-order valence-electron chi connectivity index (χ4n) is 3.46. The fraction of sp³-hybridized carbons (Fsp3) is 0.706. The number of rotatable bonds is 5. The Balaban J connectivity index is 2.07. The van der Waals surface area contributed by atoms with Gasteiger partial charge in [-0.1, -0.05) is 5.16 Å². The van der Waals surface area contributed by atoms with E-state index in [0.29, 0.717) is 25.4 Å². The molecule has 1 aliphatic heterocycles. The van der Waals surface area contributed by atoms with Gasteiger partial charge in [-0.15, -0.1) is 0 Å². The molecule has 1 saturated heterocycles. The van der Waals surface area contributed by atoms with Gasteiger partial charge in [-0.25, -0.2) is 4.79 Å². The predicted octanol–water partition coefficient (Wildman–Crippen LogP) is 2.39. The van der Waals surface area contributed by atoms with E-state index in [1.807, 2.05) is 34.6 Å².